The molecule has 0 bridgehead atoms. The van der Waals surface area contributed by atoms with Crippen LogP contribution in [-0.2, 0) is 0 Å². The Kier molecular flexibility index (Phi) is 3.47. The highest BCUT2D eigenvalue weighted by Gasteiger charge is 2.13. The number of nitrogens with one attached hydrogen (secondary N) is 1. The fourth-order valence-corrected chi connectivity index (χ4v) is 1.70. The summed E-state index contributed by atoms with van der Waals surface area (Å²) in [5.74, 6) is -0.0708. The minimum absolute atomic E-state index is 0.258. The molecule has 6 nitrogen and oxygen atoms in total. The van der Waals surface area contributed by atoms with Crippen LogP contribution >= 0.6 is 11.3 Å². The number of thiazole rings is 1. The van der Waals surface area contributed by atoms with Gasteiger partial charge in [0.25, 0.3) is 5.91 Å². The van der Waals surface area contributed by atoms with Crippen LogP contribution in [0.4, 0.5) is 5.82 Å². The first-order valence-corrected chi connectivity index (χ1v) is 5.56. The second-order valence-corrected chi connectivity index (χ2v) is 4.05. The number of carbonyl (C=O) groups excluding carboxylic acids is 1. The fraction of sp³-hybridized carbons (Fsp3) is 0. The van der Waals surface area contributed by atoms with Crippen molar-refractivity contribution in [3.63, 3.8) is 0 Å². The van der Waals surface area contributed by atoms with Gasteiger partial charge in [-0.2, -0.15) is 0 Å². The highest BCUT2D eigenvalue weighted by molar-refractivity contribution is 7.11. The van der Waals surface area contributed by atoms with Gasteiger partial charge in [0.1, 0.15) is 10.7 Å². The molecule has 0 radical (unpaired) electrons. The van der Waals surface area contributed by atoms with Crippen molar-refractivity contribution >= 4 is 35.6 Å². The molecule has 3 N–H and O–H groups in total. The quantitative estimate of drug-likeness (QED) is 0.635. The van der Waals surface area contributed by atoms with E-state index in [-0.39, 0.29) is 17.2 Å². The van der Waals surface area contributed by atoms with Gasteiger partial charge in [0.2, 0.25) is 0 Å². The molecule has 1 amide bonds. The van der Waals surface area contributed by atoms with E-state index < -0.39 is 7.12 Å². The first-order chi connectivity index (χ1) is 8.16. The van der Waals surface area contributed by atoms with Crippen LogP contribution in [0.1, 0.15) is 9.67 Å². The number of amides is 1. The Hall–Kier alpha value is -1.77. The number of aromatic nitrogens is 2. The van der Waals surface area contributed by atoms with Crippen molar-refractivity contribution in [2.75, 3.05) is 5.32 Å². The third-order valence-electron chi connectivity index (χ3n) is 1.98. The summed E-state index contributed by atoms with van der Waals surface area (Å²) < 4.78 is 0. The maximum absolute atomic E-state index is 11.7. The van der Waals surface area contributed by atoms with Crippen LogP contribution in [0.2, 0.25) is 0 Å². The molecule has 8 heteroatoms. The Labute approximate surface area is 101 Å². The molecule has 0 aliphatic rings. The van der Waals surface area contributed by atoms with Gasteiger partial charge in [-0.3, -0.25) is 9.78 Å². The number of carbonyl (C=O) groups is 1. The van der Waals surface area contributed by atoms with Crippen molar-refractivity contribution < 1.29 is 14.8 Å². The normalized spacial score (nSPS) is 10.0. The fourth-order valence-electron chi connectivity index (χ4n) is 1.18. The number of nitrogens with zero attached hydrogens (tertiary/aromatic N) is 2. The predicted octanol–water partition coefficient (Wildman–Crippen LogP) is -0.530. The molecule has 0 aliphatic heterocycles. The van der Waals surface area contributed by atoms with E-state index >= 15 is 0 Å². The zero-order valence-corrected chi connectivity index (χ0v) is 9.39. The second kappa shape index (κ2) is 5.04. The average molecular weight is 249 g/mol. The zero-order chi connectivity index (χ0) is 12.3. The summed E-state index contributed by atoms with van der Waals surface area (Å²) in [5, 5.41) is 20.5. The number of hydrogen-bond donors (Lipinski definition) is 3. The van der Waals surface area contributed by atoms with E-state index in [0.29, 0.717) is 4.88 Å². The number of pyridine rings is 1. The lowest BCUT2D eigenvalue weighted by molar-refractivity contribution is 0.103. The Morgan fingerprint density at radius 2 is 2.29 bits per heavy atom. The topological polar surface area (TPSA) is 95.3 Å². The summed E-state index contributed by atoms with van der Waals surface area (Å²) in [6.45, 7) is 0. The van der Waals surface area contributed by atoms with Crippen LogP contribution in [0.25, 0.3) is 0 Å². The van der Waals surface area contributed by atoms with Crippen molar-refractivity contribution in [2.45, 2.75) is 0 Å². The van der Waals surface area contributed by atoms with Crippen molar-refractivity contribution in [2.24, 2.45) is 0 Å². The first kappa shape index (κ1) is 11.7. The smallest absolute Gasteiger partial charge is 0.423 e. The largest absolute Gasteiger partial charge is 0.488 e. The maximum atomic E-state index is 11.7. The molecule has 0 fully saturated rings. The summed E-state index contributed by atoms with van der Waals surface area (Å²) in [7, 11) is -1.59. The van der Waals surface area contributed by atoms with E-state index in [1.165, 1.54) is 35.9 Å². The van der Waals surface area contributed by atoms with E-state index in [4.69, 9.17) is 10.0 Å². The maximum Gasteiger partial charge on any atom is 0.488 e. The Morgan fingerprint density at radius 1 is 1.47 bits per heavy atom. The lowest BCUT2D eigenvalue weighted by Gasteiger charge is -2.04. The van der Waals surface area contributed by atoms with Crippen molar-refractivity contribution in [3.05, 3.63) is 34.9 Å². The second-order valence-electron chi connectivity index (χ2n) is 3.17. The Balaban J connectivity index is 2.14. The monoisotopic (exact) mass is 249 g/mol. The summed E-state index contributed by atoms with van der Waals surface area (Å²) >= 11 is 1.21. The summed E-state index contributed by atoms with van der Waals surface area (Å²) in [6.07, 6.45) is 2.84. The molecule has 17 heavy (non-hydrogen) atoms. The van der Waals surface area contributed by atoms with E-state index in [2.05, 4.69) is 15.3 Å². The highest BCUT2D eigenvalue weighted by atomic mass is 32.1. The molecule has 2 heterocycles. The van der Waals surface area contributed by atoms with Crippen molar-refractivity contribution in [1.82, 2.24) is 9.97 Å². The number of hydrogen-bond acceptors (Lipinski definition) is 6. The summed E-state index contributed by atoms with van der Waals surface area (Å²) in [6, 6.07) is 2.84. The minimum atomic E-state index is -1.59. The van der Waals surface area contributed by atoms with Crippen LogP contribution in [-0.4, -0.2) is 33.0 Å². The van der Waals surface area contributed by atoms with Crippen molar-refractivity contribution in [1.29, 1.82) is 0 Å². The molecule has 0 aromatic carbocycles. The van der Waals surface area contributed by atoms with E-state index in [1.807, 2.05) is 0 Å². The van der Waals surface area contributed by atoms with Gasteiger partial charge < -0.3 is 15.4 Å². The van der Waals surface area contributed by atoms with Crippen LogP contribution < -0.4 is 10.8 Å². The predicted molar refractivity (Wildman–Crippen MR) is 64.1 cm³/mol. The van der Waals surface area contributed by atoms with Gasteiger partial charge >= 0.3 is 7.12 Å². The third kappa shape index (κ3) is 2.87. The van der Waals surface area contributed by atoms with Crippen molar-refractivity contribution in [3.8, 4) is 0 Å². The number of anilines is 1. The van der Waals surface area contributed by atoms with E-state index in [9.17, 15) is 4.79 Å². The Bertz CT molecular complexity index is 518. The van der Waals surface area contributed by atoms with Gasteiger partial charge in [0, 0.05) is 6.20 Å². The first-order valence-electron chi connectivity index (χ1n) is 4.69. The molecule has 0 saturated carbocycles. The van der Waals surface area contributed by atoms with Gasteiger partial charge in [-0.25, -0.2) is 4.98 Å². The molecule has 0 saturated heterocycles. The molecule has 0 spiro atoms. The van der Waals surface area contributed by atoms with Crippen LogP contribution in [0.15, 0.2) is 30.0 Å². The molecule has 0 atom stereocenters. The molecule has 0 unspecified atom stereocenters. The number of rotatable bonds is 3. The van der Waals surface area contributed by atoms with Gasteiger partial charge in [-0.15, -0.1) is 11.3 Å². The molecular formula is C9H8BN3O3S. The molecule has 0 aliphatic carbocycles. The Morgan fingerprint density at radius 3 is 2.94 bits per heavy atom. The SMILES string of the molecule is O=C(Nc1cc(B(O)O)ccn1)c1cncs1. The van der Waals surface area contributed by atoms with Crippen LogP contribution in [0.3, 0.4) is 0 Å². The van der Waals surface area contributed by atoms with Gasteiger partial charge in [0.15, 0.2) is 0 Å². The van der Waals surface area contributed by atoms with Crippen LogP contribution in [0, 0.1) is 0 Å². The lowest BCUT2D eigenvalue weighted by Crippen LogP contribution is -2.30. The molecule has 2 aromatic heterocycles. The van der Waals surface area contributed by atoms with Gasteiger partial charge in [-0.05, 0) is 17.6 Å². The molecule has 2 aromatic rings. The zero-order valence-electron chi connectivity index (χ0n) is 8.57. The third-order valence-corrected chi connectivity index (χ3v) is 2.75. The van der Waals surface area contributed by atoms with Gasteiger partial charge in [-0.1, -0.05) is 0 Å². The molecular weight excluding hydrogens is 241 g/mol. The van der Waals surface area contributed by atoms with E-state index in [0.717, 1.165) is 0 Å². The van der Waals surface area contributed by atoms with E-state index in [1.54, 1.807) is 5.51 Å². The standard InChI is InChI=1S/C9H8BN3O3S/c14-9(7-4-11-5-17-7)13-8-3-6(10(15)16)1-2-12-8/h1-5,15-16H,(H,12,13,14). The summed E-state index contributed by atoms with van der Waals surface area (Å²) in [5.41, 5.74) is 1.82. The van der Waals surface area contributed by atoms with Gasteiger partial charge in [0.05, 0.1) is 11.7 Å². The highest BCUT2D eigenvalue weighted by Crippen LogP contribution is 2.08. The van der Waals surface area contributed by atoms with Crippen LogP contribution in [0.5, 0.6) is 0 Å². The molecule has 86 valence electrons. The molecule has 2 rings (SSSR count). The minimum Gasteiger partial charge on any atom is -0.423 e. The lowest BCUT2D eigenvalue weighted by atomic mass is 9.81. The average Bonchev–Trinajstić information content (AvgIpc) is 2.82. The summed E-state index contributed by atoms with van der Waals surface area (Å²) in [4.78, 5) is 19.8.